The first-order valence-corrected chi connectivity index (χ1v) is 18.6. The average molecular weight is 701 g/mol. The monoisotopic (exact) mass is 701 g/mol. The van der Waals surface area contributed by atoms with Crippen LogP contribution in [-0.4, -0.2) is 28.4 Å². The number of rotatable bonds is 9. The van der Waals surface area contributed by atoms with Gasteiger partial charge in [0.05, 0.1) is 7.11 Å². The van der Waals surface area contributed by atoms with Crippen LogP contribution in [0.4, 0.5) is 0 Å². The largest absolute Gasteiger partial charge is 0.507 e. The molecule has 3 N–H and O–H groups in total. The zero-order chi connectivity index (χ0) is 39.3. The smallest absolute Gasteiger partial charge is 0.305 e. The summed E-state index contributed by atoms with van der Waals surface area (Å²) >= 11 is 0. The lowest BCUT2D eigenvalue weighted by Crippen LogP contribution is -2.26. The lowest BCUT2D eigenvalue weighted by atomic mass is 9.69. The van der Waals surface area contributed by atoms with Gasteiger partial charge in [-0.1, -0.05) is 123 Å². The van der Waals surface area contributed by atoms with Crippen LogP contribution >= 0.6 is 0 Å². The van der Waals surface area contributed by atoms with Gasteiger partial charge in [-0.05, 0) is 98.3 Å². The van der Waals surface area contributed by atoms with Crippen LogP contribution in [0.2, 0.25) is 0 Å². The van der Waals surface area contributed by atoms with Gasteiger partial charge in [0, 0.05) is 34.2 Å². The van der Waals surface area contributed by atoms with Gasteiger partial charge in [0.25, 0.3) is 0 Å². The molecule has 0 fully saturated rings. The fourth-order valence-corrected chi connectivity index (χ4v) is 7.00. The molecule has 0 aliphatic carbocycles. The molecule has 0 spiro atoms. The van der Waals surface area contributed by atoms with E-state index in [2.05, 4.69) is 141 Å². The molecule has 0 saturated heterocycles. The molecule has 0 bridgehead atoms. The standard InChI is InChI=1S/C46H68O5/c1-41(2,3)31-22-28(18-19-37(47)51-17)23-35(39(31)49)45(13,14)20-21-46(15,16)36-27-30(26-34(40(36)50)44(10,11)12)29-24-32(42(4,5)6)38(48)33(25-29)43(7,8)9/h22-27,48-50H,18-21H2,1-17H3. The van der Waals surface area contributed by atoms with E-state index in [9.17, 15) is 20.1 Å². The Morgan fingerprint density at radius 1 is 0.490 bits per heavy atom. The number of carbonyl (C=O) groups is 1. The maximum absolute atomic E-state index is 12.0. The van der Waals surface area contributed by atoms with E-state index in [1.807, 2.05) is 6.07 Å². The number of hydrogen-bond donors (Lipinski definition) is 3. The van der Waals surface area contributed by atoms with Gasteiger partial charge in [0.1, 0.15) is 17.2 Å². The summed E-state index contributed by atoms with van der Waals surface area (Å²) in [7, 11) is 1.41. The van der Waals surface area contributed by atoms with E-state index in [0.717, 1.165) is 62.9 Å². The highest BCUT2D eigenvalue weighted by molar-refractivity contribution is 5.73. The summed E-state index contributed by atoms with van der Waals surface area (Å²) in [5.74, 6) is 0.728. The zero-order valence-electron chi connectivity index (χ0n) is 35.0. The highest BCUT2D eigenvalue weighted by Gasteiger charge is 2.35. The van der Waals surface area contributed by atoms with Gasteiger partial charge >= 0.3 is 5.97 Å². The number of aryl methyl sites for hydroxylation is 1. The third-order valence-electron chi connectivity index (χ3n) is 10.6. The van der Waals surface area contributed by atoms with Gasteiger partial charge in [0.2, 0.25) is 0 Å². The molecule has 0 unspecified atom stereocenters. The van der Waals surface area contributed by atoms with Crippen LogP contribution in [0.1, 0.15) is 169 Å². The van der Waals surface area contributed by atoms with E-state index in [4.69, 9.17) is 4.74 Å². The third kappa shape index (κ3) is 9.50. The van der Waals surface area contributed by atoms with Crippen molar-refractivity contribution in [3.63, 3.8) is 0 Å². The fourth-order valence-electron chi connectivity index (χ4n) is 7.00. The second kappa shape index (κ2) is 14.2. The Morgan fingerprint density at radius 3 is 1.10 bits per heavy atom. The Balaban J connectivity index is 2.19. The molecule has 0 heterocycles. The zero-order valence-corrected chi connectivity index (χ0v) is 35.0. The molecular weight excluding hydrogens is 633 g/mol. The molecule has 51 heavy (non-hydrogen) atoms. The predicted octanol–water partition coefficient (Wildman–Crippen LogP) is 11.8. The minimum Gasteiger partial charge on any atom is -0.507 e. The molecule has 3 aromatic carbocycles. The van der Waals surface area contributed by atoms with E-state index >= 15 is 0 Å². The maximum Gasteiger partial charge on any atom is 0.305 e. The number of benzene rings is 3. The second-order valence-electron chi connectivity index (χ2n) is 20.2. The van der Waals surface area contributed by atoms with Gasteiger partial charge in [0.15, 0.2) is 0 Å². The Morgan fingerprint density at radius 2 is 0.765 bits per heavy atom. The summed E-state index contributed by atoms with van der Waals surface area (Å²) in [6, 6.07) is 12.6. The molecule has 0 radical (unpaired) electrons. The van der Waals surface area contributed by atoms with Gasteiger partial charge in [-0.15, -0.1) is 0 Å². The van der Waals surface area contributed by atoms with Crippen LogP contribution in [0.15, 0.2) is 36.4 Å². The van der Waals surface area contributed by atoms with E-state index < -0.39 is 10.8 Å². The van der Waals surface area contributed by atoms with E-state index in [1.165, 1.54) is 7.11 Å². The molecule has 0 atom stereocenters. The molecule has 282 valence electrons. The third-order valence-corrected chi connectivity index (χ3v) is 10.6. The van der Waals surface area contributed by atoms with Crippen LogP contribution < -0.4 is 0 Å². The highest BCUT2D eigenvalue weighted by atomic mass is 16.5. The second-order valence-corrected chi connectivity index (χ2v) is 20.2. The predicted molar refractivity (Wildman–Crippen MR) is 214 cm³/mol. The molecule has 5 heteroatoms. The summed E-state index contributed by atoms with van der Waals surface area (Å²) in [6.07, 6.45) is 2.30. The molecular formula is C46H68O5. The number of esters is 1. The van der Waals surface area contributed by atoms with Gasteiger partial charge in [-0.25, -0.2) is 0 Å². The van der Waals surface area contributed by atoms with Gasteiger partial charge in [-0.2, -0.15) is 0 Å². The van der Waals surface area contributed by atoms with Crippen molar-refractivity contribution in [1.82, 2.24) is 0 Å². The Labute approximate surface area is 309 Å². The van der Waals surface area contributed by atoms with Crippen molar-refractivity contribution in [2.75, 3.05) is 7.11 Å². The van der Waals surface area contributed by atoms with Gasteiger partial charge in [-0.3, -0.25) is 4.79 Å². The number of aromatic hydroxyl groups is 3. The topological polar surface area (TPSA) is 87.0 Å². The van der Waals surface area contributed by atoms with Crippen molar-refractivity contribution in [2.45, 2.75) is 169 Å². The first kappa shape index (κ1) is 41.9. The summed E-state index contributed by atoms with van der Waals surface area (Å²) in [6.45, 7) is 34.2. The van der Waals surface area contributed by atoms with E-state index in [-0.39, 0.29) is 34.1 Å². The summed E-state index contributed by atoms with van der Waals surface area (Å²) in [5, 5.41) is 35.2. The number of carbonyl (C=O) groups excluding carboxylic acids is 1. The SMILES string of the molecule is COC(=O)CCc1cc(C(C)(C)C)c(O)c(C(C)(C)CCC(C)(C)c2cc(-c3cc(C(C)(C)C)c(O)c(C(C)(C)C)c3)cc(C(C)(C)C)c2O)c1. The van der Waals surface area contributed by atoms with E-state index in [0.29, 0.717) is 23.7 Å². The van der Waals surface area contributed by atoms with Crippen molar-refractivity contribution >= 4 is 5.97 Å². The number of ether oxygens (including phenoxy) is 1. The normalized spacial score (nSPS) is 13.4. The maximum atomic E-state index is 12.0. The first-order chi connectivity index (χ1) is 22.9. The molecule has 0 amide bonds. The number of methoxy groups -OCH3 is 1. The highest BCUT2D eigenvalue weighted by Crippen LogP contribution is 2.49. The molecule has 0 aromatic heterocycles. The van der Waals surface area contributed by atoms with Crippen molar-refractivity contribution < 1.29 is 24.9 Å². The fraction of sp³-hybridized carbons (Fsp3) is 0.587. The van der Waals surface area contributed by atoms with E-state index in [1.54, 1.807) is 0 Å². The molecule has 3 aromatic rings. The quantitative estimate of drug-likeness (QED) is 0.193. The first-order valence-electron chi connectivity index (χ1n) is 18.6. The molecule has 0 saturated carbocycles. The Kier molecular flexibility index (Phi) is 11.6. The number of phenolic OH excluding ortho intramolecular Hbond substituents is 3. The summed E-state index contributed by atoms with van der Waals surface area (Å²) in [4.78, 5) is 12.0. The number of hydrogen-bond acceptors (Lipinski definition) is 5. The lowest BCUT2D eigenvalue weighted by Gasteiger charge is -2.35. The van der Waals surface area contributed by atoms with Crippen LogP contribution in [-0.2, 0) is 48.4 Å². The van der Waals surface area contributed by atoms with Crippen molar-refractivity contribution in [2.24, 2.45) is 0 Å². The van der Waals surface area contributed by atoms with Crippen LogP contribution in [0, 0.1) is 0 Å². The van der Waals surface area contributed by atoms with Crippen molar-refractivity contribution in [1.29, 1.82) is 0 Å². The summed E-state index contributed by atoms with van der Waals surface area (Å²) < 4.78 is 4.91. The van der Waals surface area contributed by atoms with Crippen LogP contribution in [0.3, 0.4) is 0 Å². The molecule has 5 nitrogen and oxygen atoms in total. The Bertz CT molecular complexity index is 1710. The lowest BCUT2D eigenvalue weighted by molar-refractivity contribution is -0.140. The minimum atomic E-state index is -0.432. The summed E-state index contributed by atoms with van der Waals surface area (Å²) in [5.41, 5.74) is 6.35. The minimum absolute atomic E-state index is 0.254. The molecule has 3 rings (SSSR count). The number of phenols is 3. The van der Waals surface area contributed by atoms with Crippen molar-refractivity contribution in [3.8, 4) is 28.4 Å². The molecule has 0 aliphatic heterocycles. The van der Waals surface area contributed by atoms with Crippen LogP contribution in [0.25, 0.3) is 11.1 Å². The van der Waals surface area contributed by atoms with Crippen LogP contribution in [0.5, 0.6) is 17.2 Å². The average Bonchev–Trinajstić information content (AvgIpc) is 2.97. The van der Waals surface area contributed by atoms with Gasteiger partial charge < -0.3 is 20.1 Å². The molecule has 0 aliphatic rings. The Hall–Kier alpha value is -3.47. The van der Waals surface area contributed by atoms with Crippen molar-refractivity contribution in [3.05, 3.63) is 75.3 Å².